The molecular weight excluding hydrogens is 224 g/mol. The molecule has 0 aliphatic rings. The third-order valence-electron chi connectivity index (χ3n) is 2.79. The predicted octanol–water partition coefficient (Wildman–Crippen LogP) is 2.93. The predicted molar refractivity (Wildman–Crippen MR) is 77.6 cm³/mol. The molecule has 0 fully saturated rings. The Morgan fingerprint density at radius 3 is 2.39 bits per heavy atom. The number of nitrogens with zero attached hydrogens (tertiary/aromatic N) is 2. The lowest BCUT2D eigenvalue weighted by Gasteiger charge is -2.19. The van der Waals surface area contributed by atoms with Crippen LogP contribution in [0.5, 0.6) is 5.75 Å². The average molecular weight is 248 g/mol. The van der Waals surface area contributed by atoms with Crippen LogP contribution >= 0.6 is 0 Å². The van der Waals surface area contributed by atoms with E-state index in [9.17, 15) is 5.11 Å². The zero-order valence-corrected chi connectivity index (χ0v) is 11.5. The molecule has 100 valence electrons. The maximum atomic E-state index is 9.59. The number of phenolic OH excluding ortho intramolecular Hbond substituents is 1. The van der Waals surface area contributed by atoms with Crippen LogP contribution in [0.25, 0.3) is 0 Å². The second-order valence-corrected chi connectivity index (χ2v) is 4.44. The van der Waals surface area contributed by atoms with Gasteiger partial charge in [0.1, 0.15) is 5.75 Å². The summed E-state index contributed by atoms with van der Waals surface area (Å²) in [5.74, 6) is 0.292. The highest BCUT2D eigenvalue weighted by Crippen LogP contribution is 2.12. The van der Waals surface area contributed by atoms with E-state index in [0.717, 1.165) is 31.7 Å². The van der Waals surface area contributed by atoms with E-state index in [0.29, 0.717) is 5.75 Å². The van der Waals surface area contributed by atoms with Gasteiger partial charge in [0.25, 0.3) is 0 Å². The van der Waals surface area contributed by atoms with E-state index in [4.69, 9.17) is 0 Å². The minimum atomic E-state index is 0.292. The standard InChI is InChI=1S/C15H24N2O/c1-3-10-17(11-4-2)12-9-16-13-14-7-5-6-8-15(14)18/h5-8,13,18H,3-4,9-12H2,1-2H3. The van der Waals surface area contributed by atoms with Gasteiger partial charge in [-0.05, 0) is 38.1 Å². The maximum Gasteiger partial charge on any atom is 0.124 e. The van der Waals surface area contributed by atoms with Crippen LogP contribution in [-0.4, -0.2) is 42.4 Å². The summed E-state index contributed by atoms with van der Waals surface area (Å²) in [5, 5.41) is 9.59. The Balaban J connectivity index is 2.38. The number of hydrogen-bond acceptors (Lipinski definition) is 3. The molecule has 1 aromatic carbocycles. The first-order chi connectivity index (χ1) is 8.77. The molecule has 0 bridgehead atoms. The zero-order valence-electron chi connectivity index (χ0n) is 11.5. The molecule has 0 aliphatic carbocycles. The van der Waals surface area contributed by atoms with Crippen molar-refractivity contribution in [2.75, 3.05) is 26.2 Å². The third-order valence-corrected chi connectivity index (χ3v) is 2.79. The van der Waals surface area contributed by atoms with Crippen molar-refractivity contribution < 1.29 is 5.11 Å². The summed E-state index contributed by atoms with van der Waals surface area (Å²) in [7, 11) is 0. The summed E-state index contributed by atoms with van der Waals surface area (Å²) in [5.41, 5.74) is 0.787. The molecule has 1 aromatic rings. The summed E-state index contributed by atoms with van der Waals surface area (Å²) in [6.45, 7) is 8.46. The molecule has 3 heteroatoms. The molecule has 3 nitrogen and oxygen atoms in total. The molecule has 0 heterocycles. The molecule has 1 N–H and O–H groups in total. The highest BCUT2D eigenvalue weighted by Gasteiger charge is 2.00. The number of aliphatic imine (C=N–C) groups is 1. The molecule has 0 spiro atoms. The Bertz CT molecular complexity index is 357. The summed E-state index contributed by atoms with van der Waals surface area (Å²) >= 11 is 0. The number of benzene rings is 1. The van der Waals surface area contributed by atoms with Crippen molar-refractivity contribution in [2.24, 2.45) is 4.99 Å². The van der Waals surface area contributed by atoms with Crippen molar-refractivity contribution in [3.05, 3.63) is 29.8 Å². The van der Waals surface area contributed by atoms with Crippen LogP contribution < -0.4 is 0 Å². The number of aromatic hydroxyl groups is 1. The van der Waals surface area contributed by atoms with Crippen LogP contribution in [0, 0.1) is 0 Å². The lowest BCUT2D eigenvalue weighted by molar-refractivity contribution is 0.283. The van der Waals surface area contributed by atoms with Crippen molar-refractivity contribution in [1.82, 2.24) is 4.90 Å². The number of phenols is 1. The fourth-order valence-corrected chi connectivity index (χ4v) is 1.93. The Morgan fingerprint density at radius 2 is 1.78 bits per heavy atom. The van der Waals surface area contributed by atoms with Gasteiger partial charge in [-0.25, -0.2) is 0 Å². The molecule has 1 rings (SSSR count). The maximum absolute atomic E-state index is 9.59. The van der Waals surface area contributed by atoms with Gasteiger partial charge in [0.2, 0.25) is 0 Å². The van der Waals surface area contributed by atoms with Gasteiger partial charge in [-0.1, -0.05) is 26.0 Å². The smallest absolute Gasteiger partial charge is 0.124 e. The van der Waals surface area contributed by atoms with Gasteiger partial charge in [0.15, 0.2) is 0 Å². The van der Waals surface area contributed by atoms with E-state index in [1.165, 1.54) is 12.8 Å². The highest BCUT2D eigenvalue weighted by molar-refractivity contribution is 5.83. The van der Waals surface area contributed by atoms with Gasteiger partial charge >= 0.3 is 0 Å². The second-order valence-electron chi connectivity index (χ2n) is 4.44. The molecule has 0 aliphatic heterocycles. The van der Waals surface area contributed by atoms with Gasteiger partial charge in [0.05, 0.1) is 6.54 Å². The first-order valence-electron chi connectivity index (χ1n) is 6.78. The molecular formula is C15H24N2O. The average Bonchev–Trinajstić information content (AvgIpc) is 2.37. The third kappa shape index (κ3) is 5.32. The molecule has 0 saturated carbocycles. The minimum Gasteiger partial charge on any atom is -0.507 e. The van der Waals surface area contributed by atoms with E-state index in [2.05, 4.69) is 23.7 Å². The van der Waals surface area contributed by atoms with Gasteiger partial charge in [-0.3, -0.25) is 4.99 Å². The zero-order chi connectivity index (χ0) is 13.2. The molecule has 0 unspecified atom stereocenters. The summed E-state index contributed by atoms with van der Waals surface area (Å²) in [6, 6.07) is 7.27. The molecule has 0 amide bonds. The topological polar surface area (TPSA) is 35.8 Å². The van der Waals surface area contributed by atoms with Crippen molar-refractivity contribution in [2.45, 2.75) is 26.7 Å². The van der Waals surface area contributed by atoms with Gasteiger partial charge in [0, 0.05) is 18.3 Å². The molecule has 0 atom stereocenters. The van der Waals surface area contributed by atoms with Crippen molar-refractivity contribution in [3.8, 4) is 5.75 Å². The Morgan fingerprint density at radius 1 is 1.11 bits per heavy atom. The van der Waals surface area contributed by atoms with E-state index in [1.54, 1.807) is 12.3 Å². The van der Waals surface area contributed by atoms with Gasteiger partial charge < -0.3 is 10.0 Å². The molecule has 0 aromatic heterocycles. The van der Waals surface area contributed by atoms with Gasteiger partial charge in [-0.2, -0.15) is 0 Å². The van der Waals surface area contributed by atoms with E-state index >= 15 is 0 Å². The summed E-state index contributed by atoms with van der Waals surface area (Å²) < 4.78 is 0. The van der Waals surface area contributed by atoms with Crippen molar-refractivity contribution >= 4 is 6.21 Å². The van der Waals surface area contributed by atoms with Crippen LogP contribution in [0.2, 0.25) is 0 Å². The number of hydrogen-bond donors (Lipinski definition) is 1. The minimum absolute atomic E-state index is 0.292. The largest absolute Gasteiger partial charge is 0.507 e. The van der Waals surface area contributed by atoms with Crippen LogP contribution in [0.1, 0.15) is 32.3 Å². The quantitative estimate of drug-likeness (QED) is 0.718. The van der Waals surface area contributed by atoms with Crippen LogP contribution in [0.3, 0.4) is 0 Å². The fourth-order valence-electron chi connectivity index (χ4n) is 1.93. The Kier molecular flexibility index (Phi) is 7.11. The van der Waals surface area contributed by atoms with Crippen LogP contribution in [0.4, 0.5) is 0 Å². The van der Waals surface area contributed by atoms with Gasteiger partial charge in [-0.15, -0.1) is 0 Å². The fraction of sp³-hybridized carbons (Fsp3) is 0.533. The Labute approximate surface area is 110 Å². The second kappa shape index (κ2) is 8.70. The monoisotopic (exact) mass is 248 g/mol. The molecule has 0 saturated heterocycles. The molecule has 0 radical (unpaired) electrons. The number of rotatable bonds is 8. The van der Waals surface area contributed by atoms with Crippen molar-refractivity contribution in [1.29, 1.82) is 0 Å². The van der Waals surface area contributed by atoms with Crippen LogP contribution in [0.15, 0.2) is 29.3 Å². The molecule has 18 heavy (non-hydrogen) atoms. The first-order valence-corrected chi connectivity index (χ1v) is 6.78. The summed E-state index contributed by atoms with van der Waals surface area (Å²) in [4.78, 5) is 6.81. The lowest BCUT2D eigenvalue weighted by Crippen LogP contribution is -2.28. The normalized spacial score (nSPS) is 11.5. The Hall–Kier alpha value is -1.35. The van der Waals surface area contributed by atoms with E-state index in [-0.39, 0.29) is 0 Å². The SMILES string of the molecule is CCCN(CCC)CCN=Cc1ccccc1O. The van der Waals surface area contributed by atoms with Crippen molar-refractivity contribution in [3.63, 3.8) is 0 Å². The van der Waals surface area contributed by atoms with E-state index < -0.39 is 0 Å². The van der Waals surface area contributed by atoms with E-state index in [1.807, 2.05) is 18.2 Å². The lowest BCUT2D eigenvalue weighted by atomic mass is 10.2. The van der Waals surface area contributed by atoms with Crippen LogP contribution in [-0.2, 0) is 0 Å². The first kappa shape index (κ1) is 14.7. The summed E-state index contributed by atoms with van der Waals surface area (Å²) in [6.07, 6.45) is 4.12. The number of para-hydroxylation sites is 1. The highest BCUT2D eigenvalue weighted by atomic mass is 16.3.